The van der Waals surface area contributed by atoms with Gasteiger partial charge >= 0.3 is 0 Å². The summed E-state index contributed by atoms with van der Waals surface area (Å²) in [4.78, 5) is 0. The van der Waals surface area contributed by atoms with Crippen LogP contribution in [0.4, 0.5) is 0 Å². The van der Waals surface area contributed by atoms with E-state index in [2.05, 4.69) is 13.0 Å². The second-order valence-corrected chi connectivity index (χ2v) is 2.94. The van der Waals surface area contributed by atoms with Gasteiger partial charge in [-0.05, 0) is 12.5 Å². The lowest BCUT2D eigenvalue weighted by Gasteiger charge is -2.02. The van der Waals surface area contributed by atoms with Crippen LogP contribution in [-0.4, -0.2) is 7.11 Å². The minimum absolute atomic E-state index is 0.911. The van der Waals surface area contributed by atoms with Crippen molar-refractivity contribution < 1.29 is 4.74 Å². The van der Waals surface area contributed by atoms with Crippen molar-refractivity contribution in [3.63, 3.8) is 0 Å². The third-order valence-corrected chi connectivity index (χ3v) is 1.90. The van der Waals surface area contributed by atoms with Crippen LogP contribution in [0.15, 0.2) is 42.5 Å². The van der Waals surface area contributed by atoms with Gasteiger partial charge in [0.2, 0.25) is 0 Å². The molecule has 0 aliphatic heterocycles. The second kappa shape index (κ2) is 6.03. The zero-order chi connectivity index (χ0) is 10.2. The lowest BCUT2D eigenvalue weighted by atomic mass is 10.2. The number of rotatable bonds is 4. The first-order chi connectivity index (χ1) is 6.88. The second-order valence-electron chi connectivity index (χ2n) is 2.94. The van der Waals surface area contributed by atoms with Crippen LogP contribution in [0.25, 0.3) is 6.08 Å². The number of hydrogen-bond acceptors (Lipinski definition) is 1. The molecule has 0 unspecified atom stereocenters. The molecule has 0 saturated heterocycles. The van der Waals surface area contributed by atoms with Crippen molar-refractivity contribution in [1.29, 1.82) is 0 Å². The third-order valence-electron chi connectivity index (χ3n) is 1.90. The van der Waals surface area contributed by atoms with Crippen molar-refractivity contribution in [3.05, 3.63) is 48.1 Å². The molecule has 14 heavy (non-hydrogen) atoms. The van der Waals surface area contributed by atoms with Crippen LogP contribution in [0, 0.1) is 0 Å². The van der Waals surface area contributed by atoms with E-state index in [0.717, 1.165) is 17.7 Å². The largest absolute Gasteiger partial charge is 0.496 e. The van der Waals surface area contributed by atoms with E-state index in [1.54, 1.807) is 7.11 Å². The zero-order valence-electron chi connectivity index (χ0n) is 8.73. The average molecular weight is 188 g/mol. The molecule has 1 aromatic rings. The molecule has 0 aromatic heterocycles. The summed E-state index contributed by atoms with van der Waals surface area (Å²) in [5.74, 6) is 0.911. The Hall–Kier alpha value is -1.50. The maximum absolute atomic E-state index is 5.23. The summed E-state index contributed by atoms with van der Waals surface area (Å²) in [6.07, 6.45) is 9.31. The fourth-order valence-corrected chi connectivity index (χ4v) is 1.18. The van der Waals surface area contributed by atoms with E-state index in [-0.39, 0.29) is 0 Å². The minimum Gasteiger partial charge on any atom is -0.496 e. The first kappa shape index (κ1) is 10.6. The predicted molar refractivity (Wildman–Crippen MR) is 61.5 cm³/mol. The van der Waals surface area contributed by atoms with Gasteiger partial charge in [0.15, 0.2) is 0 Å². The first-order valence-electron chi connectivity index (χ1n) is 4.84. The molecule has 0 bridgehead atoms. The molecule has 0 heterocycles. The summed E-state index contributed by atoms with van der Waals surface area (Å²) < 4.78 is 5.23. The highest BCUT2D eigenvalue weighted by atomic mass is 16.5. The van der Waals surface area contributed by atoms with Gasteiger partial charge in [-0.25, -0.2) is 0 Å². The minimum atomic E-state index is 0.911. The maximum Gasteiger partial charge on any atom is 0.126 e. The van der Waals surface area contributed by atoms with Crippen LogP contribution in [0.2, 0.25) is 0 Å². The summed E-state index contributed by atoms with van der Waals surface area (Å²) >= 11 is 0. The Labute approximate surface area is 85.7 Å². The molecule has 1 heteroatoms. The molecule has 0 N–H and O–H groups in total. The number of para-hydroxylation sites is 1. The molecular formula is C13H16O. The molecule has 1 nitrogen and oxygen atoms in total. The highest BCUT2D eigenvalue weighted by Gasteiger charge is 1.94. The molecule has 0 radical (unpaired) electrons. The van der Waals surface area contributed by atoms with Crippen molar-refractivity contribution in [2.24, 2.45) is 0 Å². The number of ether oxygens (including phenoxy) is 1. The third kappa shape index (κ3) is 3.09. The molecule has 0 aliphatic rings. The molecule has 0 spiro atoms. The maximum atomic E-state index is 5.23. The van der Waals surface area contributed by atoms with Gasteiger partial charge in [0.1, 0.15) is 5.75 Å². The van der Waals surface area contributed by atoms with Gasteiger partial charge in [0, 0.05) is 5.56 Å². The molecule has 0 fully saturated rings. The van der Waals surface area contributed by atoms with Crippen LogP contribution >= 0.6 is 0 Å². The summed E-state index contributed by atoms with van der Waals surface area (Å²) in [6, 6.07) is 7.97. The SMILES string of the molecule is CC/C=C/C=C/c1ccccc1OC. The fraction of sp³-hybridized carbons (Fsp3) is 0.231. The molecule has 0 atom stereocenters. The normalized spacial score (nSPS) is 11.3. The summed E-state index contributed by atoms with van der Waals surface area (Å²) in [6.45, 7) is 2.12. The van der Waals surface area contributed by atoms with Gasteiger partial charge in [-0.15, -0.1) is 0 Å². The van der Waals surface area contributed by atoms with Gasteiger partial charge in [-0.3, -0.25) is 0 Å². The lowest BCUT2D eigenvalue weighted by molar-refractivity contribution is 0.414. The Bertz CT molecular complexity index is 324. The lowest BCUT2D eigenvalue weighted by Crippen LogP contribution is -1.84. The van der Waals surface area contributed by atoms with Gasteiger partial charge < -0.3 is 4.74 Å². The Morgan fingerprint density at radius 1 is 1.21 bits per heavy atom. The summed E-state index contributed by atoms with van der Waals surface area (Å²) in [7, 11) is 1.69. The molecular weight excluding hydrogens is 172 g/mol. The van der Waals surface area contributed by atoms with E-state index >= 15 is 0 Å². The summed E-state index contributed by atoms with van der Waals surface area (Å²) in [5, 5.41) is 0. The van der Waals surface area contributed by atoms with Crippen LogP contribution in [0.1, 0.15) is 18.9 Å². The monoisotopic (exact) mass is 188 g/mol. The first-order valence-corrected chi connectivity index (χ1v) is 4.84. The van der Waals surface area contributed by atoms with Crippen molar-refractivity contribution in [2.75, 3.05) is 7.11 Å². The summed E-state index contributed by atoms with van der Waals surface area (Å²) in [5.41, 5.74) is 1.11. The van der Waals surface area contributed by atoms with E-state index in [4.69, 9.17) is 4.74 Å². The van der Waals surface area contributed by atoms with Crippen molar-refractivity contribution in [1.82, 2.24) is 0 Å². The standard InChI is InChI=1S/C13H16O/c1-3-4-5-6-9-12-10-7-8-11-13(12)14-2/h4-11H,3H2,1-2H3/b5-4+,9-6+. The number of hydrogen-bond donors (Lipinski definition) is 0. The number of allylic oxidation sites excluding steroid dienone is 3. The fourth-order valence-electron chi connectivity index (χ4n) is 1.18. The van der Waals surface area contributed by atoms with Gasteiger partial charge in [0.25, 0.3) is 0 Å². The van der Waals surface area contributed by atoms with E-state index in [0.29, 0.717) is 0 Å². The molecule has 74 valence electrons. The van der Waals surface area contributed by atoms with Crippen molar-refractivity contribution in [2.45, 2.75) is 13.3 Å². The Morgan fingerprint density at radius 3 is 2.71 bits per heavy atom. The molecule has 1 rings (SSSR count). The van der Waals surface area contributed by atoms with E-state index in [1.807, 2.05) is 42.5 Å². The smallest absolute Gasteiger partial charge is 0.126 e. The Morgan fingerprint density at radius 2 is 2.00 bits per heavy atom. The topological polar surface area (TPSA) is 9.23 Å². The molecule has 0 saturated carbocycles. The number of methoxy groups -OCH3 is 1. The zero-order valence-corrected chi connectivity index (χ0v) is 8.73. The van der Waals surface area contributed by atoms with Crippen molar-refractivity contribution in [3.8, 4) is 5.75 Å². The quantitative estimate of drug-likeness (QED) is 0.655. The van der Waals surface area contributed by atoms with Crippen LogP contribution in [0.3, 0.4) is 0 Å². The van der Waals surface area contributed by atoms with Gasteiger partial charge in [-0.1, -0.05) is 49.4 Å². The Kier molecular flexibility index (Phi) is 4.56. The predicted octanol–water partition coefficient (Wildman–Crippen LogP) is 3.67. The van der Waals surface area contributed by atoms with E-state index in [1.165, 1.54) is 0 Å². The molecule has 1 aromatic carbocycles. The van der Waals surface area contributed by atoms with Crippen LogP contribution in [0.5, 0.6) is 5.75 Å². The van der Waals surface area contributed by atoms with Crippen LogP contribution in [-0.2, 0) is 0 Å². The van der Waals surface area contributed by atoms with E-state index in [9.17, 15) is 0 Å². The highest BCUT2D eigenvalue weighted by Crippen LogP contribution is 2.18. The van der Waals surface area contributed by atoms with Gasteiger partial charge in [-0.2, -0.15) is 0 Å². The average Bonchev–Trinajstić information content (AvgIpc) is 2.25. The number of benzene rings is 1. The van der Waals surface area contributed by atoms with E-state index < -0.39 is 0 Å². The van der Waals surface area contributed by atoms with Gasteiger partial charge in [0.05, 0.1) is 7.11 Å². The molecule has 0 aliphatic carbocycles. The van der Waals surface area contributed by atoms with Crippen LogP contribution < -0.4 is 4.74 Å². The van der Waals surface area contributed by atoms with Crippen molar-refractivity contribution >= 4 is 6.08 Å². The molecule has 0 amide bonds. The Balaban J connectivity index is 2.75. The highest BCUT2D eigenvalue weighted by molar-refractivity contribution is 5.58.